The van der Waals surface area contributed by atoms with Crippen molar-refractivity contribution in [3.8, 4) is 0 Å². The second-order valence-electron chi connectivity index (χ2n) is 5.45. The fourth-order valence-electron chi connectivity index (χ4n) is 3.53. The Morgan fingerprint density at radius 1 is 1.09 bits per heavy atom. The third-order valence-electron chi connectivity index (χ3n) is 4.34. The molecule has 0 aliphatic heterocycles. The van der Waals surface area contributed by atoms with Crippen molar-refractivity contribution in [1.82, 2.24) is 0 Å². The molecule has 4 rings (SSSR count). The van der Waals surface area contributed by atoms with Crippen LogP contribution in [0.2, 0.25) is 0 Å². The lowest BCUT2D eigenvalue weighted by Gasteiger charge is -2.31. The molecular weight excluding hydrogens is 276 g/mol. The molecule has 0 amide bonds. The van der Waals surface area contributed by atoms with Crippen molar-refractivity contribution in [2.75, 3.05) is 13.5 Å². The van der Waals surface area contributed by atoms with Gasteiger partial charge in [-0.15, -0.1) is 0 Å². The zero-order valence-corrected chi connectivity index (χ0v) is 12.2. The molecule has 2 aromatic carbocycles. The van der Waals surface area contributed by atoms with E-state index in [4.69, 9.17) is 20.9 Å². The second kappa shape index (κ2) is 5.25. The summed E-state index contributed by atoms with van der Waals surface area (Å²) >= 11 is 0. The normalized spacial score (nSPS) is 18.9. The van der Waals surface area contributed by atoms with E-state index >= 15 is 0 Å². The van der Waals surface area contributed by atoms with Crippen LogP contribution >= 0.6 is 0 Å². The molecule has 4 nitrogen and oxygen atoms in total. The van der Waals surface area contributed by atoms with Gasteiger partial charge >= 0.3 is 0 Å². The Morgan fingerprint density at radius 2 is 2.00 bits per heavy atom. The topological polar surface area (TPSA) is 70.5 Å². The first kappa shape index (κ1) is 13.5. The summed E-state index contributed by atoms with van der Waals surface area (Å²) in [6, 6.07) is 10.6. The Morgan fingerprint density at radius 3 is 2.82 bits per heavy atom. The van der Waals surface area contributed by atoms with Crippen molar-refractivity contribution in [3.63, 3.8) is 0 Å². The summed E-state index contributed by atoms with van der Waals surface area (Å²) in [5, 5.41) is 2.45. The largest absolute Gasteiger partial charge is 0.479 e. The zero-order valence-electron chi connectivity index (χ0n) is 12.2. The molecule has 2 aromatic rings. The van der Waals surface area contributed by atoms with Crippen molar-refractivity contribution >= 4 is 16.3 Å². The molecule has 2 aliphatic carbocycles. The van der Waals surface area contributed by atoms with Gasteiger partial charge in [-0.05, 0) is 33.9 Å². The van der Waals surface area contributed by atoms with Crippen LogP contribution in [0.4, 0.5) is 0 Å². The molecule has 0 spiro atoms. The summed E-state index contributed by atoms with van der Waals surface area (Å²) in [5.41, 5.74) is 16.0. The molecule has 4 heteroatoms. The first-order chi connectivity index (χ1) is 10.8. The van der Waals surface area contributed by atoms with E-state index in [1.807, 2.05) is 6.07 Å². The first-order valence-electron chi connectivity index (χ1n) is 7.45. The summed E-state index contributed by atoms with van der Waals surface area (Å²) in [6.45, 7) is 0.245. The van der Waals surface area contributed by atoms with Crippen molar-refractivity contribution < 1.29 is 9.47 Å². The highest BCUT2D eigenvalue weighted by Gasteiger charge is 2.32. The van der Waals surface area contributed by atoms with Gasteiger partial charge in [-0.2, -0.15) is 0 Å². The van der Waals surface area contributed by atoms with Crippen LogP contribution < -0.4 is 11.5 Å². The Hall–Kier alpha value is -2.14. The van der Waals surface area contributed by atoms with Gasteiger partial charge in [0.25, 0.3) is 0 Å². The van der Waals surface area contributed by atoms with Crippen molar-refractivity contribution in [3.05, 3.63) is 64.9 Å². The minimum Gasteiger partial charge on any atom is -0.479 e. The Balaban J connectivity index is 2.09. The second-order valence-corrected chi connectivity index (χ2v) is 5.45. The molecule has 0 saturated carbocycles. The van der Waals surface area contributed by atoms with Crippen molar-refractivity contribution in [2.24, 2.45) is 11.5 Å². The molecule has 0 bridgehead atoms. The molecule has 0 heterocycles. The molecule has 1 unspecified atom stereocenters. The van der Waals surface area contributed by atoms with E-state index in [1.165, 1.54) is 21.9 Å². The van der Waals surface area contributed by atoms with E-state index in [2.05, 4.69) is 36.4 Å². The maximum absolute atomic E-state index is 5.80. The van der Waals surface area contributed by atoms with E-state index in [0.29, 0.717) is 0 Å². The zero-order chi connectivity index (χ0) is 15.1. The highest BCUT2D eigenvalue weighted by molar-refractivity contribution is 6.03. The Bertz CT molecular complexity index is 808. The molecular formula is C18H18N2O2. The Kier molecular flexibility index (Phi) is 3.22. The minimum absolute atomic E-state index is 0.116. The Labute approximate surface area is 129 Å². The maximum Gasteiger partial charge on any atom is 0.143 e. The van der Waals surface area contributed by atoms with Crippen molar-refractivity contribution in [2.45, 2.75) is 12.5 Å². The summed E-state index contributed by atoms with van der Waals surface area (Å²) in [7, 11) is 0. The van der Waals surface area contributed by atoms with Crippen LogP contribution in [0.1, 0.15) is 22.8 Å². The van der Waals surface area contributed by atoms with Gasteiger partial charge in [-0.25, -0.2) is 0 Å². The number of allylic oxidation sites excluding steroid dienone is 3. The molecule has 0 fully saturated rings. The van der Waals surface area contributed by atoms with E-state index in [1.54, 1.807) is 0 Å². The van der Waals surface area contributed by atoms with Crippen molar-refractivity contribution in [1.29, 1.82) is 0 Å². The monoisotopic (exact) mass is 294 g/mol. The van der Waals surface area contributed by atoms with Crippen LogP contribution in [0.15, 0.2) is 48.2 Å². The highest BCUT2D eigenvalue weighted by Crippen LogP contribution is 2.47. The van der Waals surface area contributed by atoms with Crippen LogP contribution in [-0.4, -0.2) is 13.5 Å². The lowest BCUT2D eigenvalue weighted by Crippen LogP contribution is -2.22. The van der Waals surface area contributed by atoms with E-state index in [-0.39, 0.29) is 19.6 Å². The lowest BCUT2D eigenvalue weighted by atomic mass is 9.80. The standard InChI is InChI=1S/C18H18N2O2/c19-9-21-17-13-5-1-3-11-7-8-12-4-2-6-14(16(12)15(11)13)18(17)22-10-20/h1-3,5-8,17H,4,9-10,19-20H2. The van der Waals surface area contributed by atoms with E-state index in [0.717, 1.165) is 23.3 Å². The fraction of sp³-hybridized carbons (Fsp3) is 0.222. The molecule has 0 aromatic heterocycles. The molecule has 112 valence electrons. The predicted octanol–water partition coefficient (Wildman–Crippen LogP) is 2.58. The van der Waals surface area contributed by atoms with Gasteiger partial charge in [0.05, 0.1) is 6.73 Å². The molecule has 2 aliphatic rings. The van der Waals surface area contributed by atoms with Crippen LogP contribution in [0, 0.1) is 0 Å². The van der Waals surface area contributed by atoms with Gasteiger partial charge < -0.3 is 15.2 Å². The number of nitrogens with two attached hydrogens (primary N) is 2. The lowest BCUT2D eigenvalue weighted by molar-refractivity contribution is 0.0340. The molecule has 22 heavy (non-hydrogen) atoms. The van der Waals surface area contributed by atoms with Gasteiger partial charge in [-0.3, -0.25) is 5.73 Å². The highest BCUT2D eigenvalue weighted by atomic mass is 16.5. The average molecular weight is 294 g/mol. The maximum atomic E-state index is 5.80. The van der Waals surface area contributed by atoms with E-state index in [9.17, 15) is 0 Å². The molecule has 0 radical (unpaired) electrons. The van der Waals surface area contributed by atoms with Crippen LogP contribution in [-0.2, 0) is 15.9 Å². The average Bonchev–Trinajstić information content (AvgIpc) is 2.56. The van der Waals surface area contributed by atoms with Crippen LogP contribution in [0.25, 0.3) is 16.3 Å². The smallest absolute Gasteiger partial charge is 0.143 e. The number of rotatable bonds is 4. The summed E-state index contributed by atoms with van der Waals surface area (Å²) < 4.78 is 11.6. The summed E-state index contributed by atoms with van der Waals surface area (Å²) in [4.78, 5) is 0. The SMILES string of the molecule is NCOC1=C2C=CCc3ccc4cccc(c4c32)C1OCN. The number of ether oxygens (including phenoxy) is 2. The molecule has 4 N–H and O–H groups in total. The third kappa shape index (κ3) is 1.82. The van der Waals surface area contributed by atoms with E-state index < -0.39 is 0 Å². The third-order valence-corrected chi connectivity index (χ3v) is 4.34. The van der Waals surface area contributed by atoms with Gasteiger partial charge in [0.2, 0.25) is 0 Å². The summed E-state index contributed by atoms with van der Waals surface area (Å²) in [5.74, 6) is 0.761. The van der Waals surface area contributed by atoms with Gasteiger partial charge in [0.15, 0.2) is 0 Å². The minimum atomic E-state index is -0.308. The summed E-state index contributed by atoms with van der Waals surface area (Å²) in [6.07, 6.45) is 4.88. The number of benzene rings is 2. The van der Waals surface area contributed by atoms with Gasteiger partial charge in [0, 0.05) is 5.57 Å². The quantitative estimate of drug-likeness (QED) is 0.850. The molecule has 1 atom stereocenters. The predicted molar refractivity (Wildman–Crippen MR) is 86.7 cm³/mol. The van der Waals surface area contributed by atoms with Gasteiger partial charge in [0.1, 0.15) is 18.6 Å². The number of hydrogen-bond acceptors (Lipinski definition) is 4. The van der Waals surface area contributed by atoms with Gasteiger partial charge in [-0.1, -0.05) is 42.5 Å². The van der Waals surface area contributed by atoms with Crippen LogP contribution in [0.5, 0.6) is 0 Å². The fourth-order valence-corrected chi connectivity index (χ4v) is 3.53. The molecule has 0 saturated heterocycles. The first-order valence-corrected chi connectivity index (χ1v) is 7.45. The van der Waals surface area contributed by atoms with Crippen LogP contribution in [0.3, 0.4) is 0 Å². The number of hydrogen-bond donors (Lipinski definition) is 2.